The molecule has 5 nitrogen and oxygen atoms in total. The van der Waals surface area contributed by atoms with Crippen molar-refractivity contribution in [1.82, 2.24) is 14.9 Å². The van der Waals surface area contributed by atoms with E-state index in [0.717, 1.165) is 47.7 Å². The lowest BCUT2D eigenvalue weighted by Gasteiger charge is -2.33. The van der Waals surface area contributed by atoms with E-state index in [1.807, 2.05) is 29.2 Å². The van der Waals surface area contributed by atoms with Crippen LogP contribution in [0.15, 0.2) is 60.9 Å². The Morgan fingerprint density at radius 2 is 1.90 bits per heavy atom. The quantitative estimate of drug-likeness (QED) is 0.637. The number of piperidine rings is 1. The normalized spacial score (nSPS) is 16.3. The average molecular weight is 405 g/mol. The lowest BCUT2D eigenvalue weighted by atomic mass is 9.91. The van der Waals surface area contributed by atoms with Crippen LogP contribution in [0.3, 0.4) is 0 Å². The summed E-state index contributed by atoms with van der Waals surface area (Å²) >= 11 is 0. The van der Waals surface area contributed by atoms with Crippen LogP contribution < -0.4 is 4.74 Å². The number of para-hydroxylation sites is 1. The van der Waals surface area contributed by atoms with E-state index in [-0.39, 0.29) is 24.1 Å². The molecule has 2 heterocycles. The Hall–Kier alpha value is -3.28. The van der Waals surface area contributed by atoms with Gasteiger partial charge in [0.1, 0.15) is 11.6 Å². The first-order valence-corrected chi connectivity index (χ1v) is 10.1. The highest BCUT2D eigenvalue weighted by Crippen LogP contribution is 2.35. The molecule has 0 radical (unpaired) electrons. The highest BCUT2D eigenvalue weighted by molar-refractivity contribution is 5.79. The summed E-state index contributed by atoms with van der Waals surface area (Å²) in [6.45, 7) is 1.32. The van der Waals surface area contributed by atoms with E-state index in [1.54, 1.807) is 31.6 Å². The Bertz CT molecular complexity index is 1020. The number of nitrogens with zero attached hydrogens (tertiary/aromatic N) is 3. The molecule has 1 aliphatic heterocycles. The molecule has 1 aromatic heterocycles. The number of benzene rings is 2. The van der Waals surface area contributed by atoms with Gasteiger partial charge in [0.05, 0.1) is 24.9 Å². The highest BCUT2D eigenvalue weighted by atomic mass is 19.1. The van der Waals surface area contributed by atoms with Crippen LogP contribution >= 0.6 is 0 Å². The lowest BCUT2D eigenvalue weighted by Crippen LogP contribution is -2.40. The Labute approximate surface area is 175 Å². The summed E-state index contributed by atoms with van der Waals surface area (Å²) in [4.78, 5) is 24.0. The minimum atomic E-state index is -0.296. The summed E-state index contributed by atoms with van der Waals surface area (Å²) < 4.78 is 18.6. The summed E-state index contributed by atoms with van der Waals surface area (Å²) in [7, 11) is 1.64. The Morgan fingerprint density at radius 1 is 1.13 bits per heavy atom. The molecule has 3 aromatic rings. The zero-order chi connectivity index (χ0) is 20.9. The number of halogens is 1. The molecule has 2 aromatic carbocycles. The maximum absolute atomic E-state index is 13.1. The van der Waals surface area contributed by atoms with Crippen molar-refractivity contribution in [2.24, 2.45) is 0 Å². The second-order valence-electron chi connectivity index (χ2n) is 7.47. The summed E-state index contributed by atoms with van der Waals surface area (Å²) in [6, 6.07) is 13.9. The molecule has 0 N–H and O–H groups in total. The molecular weight excluding hydrogens is 381 g/mol. The number of carbonyl (C=O) groups is 1. The molecule has 6 heteroatoms. The first kappa shape index (κ1) is 20.0. The molecule has 0 aliphatic carbocycles. The van der Waals surface area contributed by atoms with Gasteiger partial charge in [-0.3, -0.25) is 14.8 Å². The lowest BCUT2D eigenvalue weighted by molar-refractivity contribution is -0.131. The minimum absolute atomic E-state index is 0.0500. The van der Waals surface area contributed by atoms with Crippen LogP contribution in [-0.2, 0) is 11.2 Å². The van der Waals surface area contributed by atoms with E-state index in [4.69, 9.17) is 4.74 Å². The van der Waals surface area contributed by atoms with E-state index >= 15 is 0 Å². The predicted molar refractivity (Wildman–Crippen MR) is 113 cm³/mol. The number of methoxy groups -OCH3 is 1. The second kappa shape index (κ2) is 9.03. The van der Waals surface area contributed by atoms with Crippen molar-refractivity contribution in [2.45, 2.75) is 25.2 Å². The number of carbonyl (C=O) groups excluding carboxylic acids is 1. The van der Waals surface area contributed by atoms with Crippen molar-refractivity contribution >= 4 is 5.91 Å². The molecule has 0 saturated carbocycles. The molecule has 1 fully saturated rings. The topological polar surface area (TPSA) is 55.3 Å². The van der Waals surface area contributed by atoms with Gasteiger partial charge >= 0.3 is 0 Å². The molecule has 30 heavy (non-hydrogen) atoms. The molecular formula is C24H24FN3O2. The van der Waals surface area contributed by atoms with Gasteiger partial charge in [-0.25, -0.2) is 4.39 Å². The van der Waals surface area contributed by atoms with Gasteiger partial charge in [0.25, 0.3) is 0 Å². The Morgan fingerprint density at radius 3 is 2.70 bits per heavy atom. The van der Waals surface area contributed by atoms with Gasteiger partial charge < -0.3 is 9.64 Å². The Kier molecular flexibility index (Phi) is 6.02. The molecule has 1 amide bonds. The zero-order valence-corrected chi connectivity index (χ0v) is 16.9. The Balaban J connectivity index is 1.55. The maximum atomic E-state index is 13.1. The largest absolute Gasteiger partial charge is 0.496 e. The fraction of sp³-hybridized carbons (Fsp3) is 0.292. The van der Waals surface area contributed by atoms with E-state index in [1.165, 1.54) is 12.1 Å². The first-order valence-electron chi connectivity index (χ1n) is 10.1. The van der Waals surface area contributed by atoms with Crippen LogP contribution in [-0.4, -0.2) is 41.0 Å². The first-order chi connectivity index (χ1) is 14.7. The van der Waals surface area contributed by atoms with Crippen molar-refractivity contribution in [3.63, 3.8) is 0 Å². The summed E-state index contributed by atoms with van der Waals surface area (Å²) in [5, 5.41) is 0. The molecule has 154 valence electrons. The van der Waals surface area contributed by atoms with Crippen molar-refractivity contribution in [2.75, 3.05) is 20.2 Å². The standard InChI is InChI=1S/C24H24FN3O2/c1-30-21-7-3-2-6-20(21)24-23(26-12-13-27-24)18-5-4-14-28(16-18)22(29)15-17-8-10-19(25)11-9-17/h2-3,6-13,18H,4-5,14-16H2,1H3. The number of ether oxygens (including phenoxy) is 1. The fourth-order valence-electron chi connectivity index (χ4n) is 4.01. The van der Waals surface area contributed by atoms with E-state index in [9.17, 15) is 9.18 Å². The molecule has 0 spiro atoms. The van der Waals surface area contributed by atoms with Gasteiger partial charge in [0, 0.05) is 37.0 Å². The van der Waals surface area contributed by atoms with Crippen LogP contribution in [0.5, 0.6) is 5.75 Å². The van der Waals surface area contributed by atoms with Gasteiger partial charge in [0.15, 0.2) is 0 Å². The van der Waals surface area contributed by atoms with Crippen molar-refractivity contribution < 1.29 is 13.9 Å². The van der Waals surface area contributed by atoms with Crippen LogP contribution in [0.1, 0.15) is 30.0 Å². The SMILES string of the molecule is COc1ccccc1-c1nccnc1C1CCCN(C(=O)Cc2ccc(F)cc2)C1. The summed E-state index contributed by atoms with van der Waals surface area (Å²) in [6.07, 6.45) is 5.51. The monoisotopic (exact) mass is 405 g/mol. The van der Waals surface area contributed by atoms with E-state index in [0.29, 0.717) is 6.54 Å². The maximum Gasteiger partial charge on any atom is 0.227 e. The second-order valence-corrected chi connectivity index (χ2v) is 7.47. The third kappa shape index (κ3) is 4.32. The average Bonchev–Trinajstić information content (AvgIpc) is 2.80. The highest BCUT2D eigenvalue weighted by Gasteiger charge is 2.28. The molecule has 1 atom stereocenters. The summed E-state index contributed by atoms with van der Waals surface area (Å²) in [5.41, 5.74) is 3.41. The molecule has 4 rings (SSSR count). The van der Waals surface area contributed by atoms with E-state index < -0.39 is 0 Å². The fourth-order valence-corrected chi connectivity index (χ4v) is 4.01. The number of rotatable bonds is 5. The predicted octanol–water partition coefficient (Wildman–Crippen LogP) is 4.24. The zero-order valence-electron chi connectivity index (χ0n) is 16.9. The van der Waals surface area contributed by atoms with Crippen LogP contribution in [0.4, 0.5) is 4.39 Å². The van der Waals surface area contributed by atoms with Gasteiger partial charge in [-0.2, -0.15) is 0 Å². The third-order valence-electron chi connectivity index (χ3n) is 5.52. The smallest absolute Gasteiger partial charge is 0.227 e. The number of hydrogen-bond acceptors (Lipinski definition) is 4. The number of likely N-dealkylation sites (tertiary alicyclic amines) is 1. The van der Waals surface area contributed by atoms with Gasteiger partial charge in [-0.1, -0.05) is 24.3 Å². The number of aromatic nitrogens is 2. The molecule has 1 unspecified atom stereocenters. The van der Waals surface area contributed by atoms with Gasteiger partial charge in [-0.15, -0.1) is 0 Å². The van der Waals surface area contributed by atoms with Crippen molar-refractivity contribution in [3.05, 3.63) is 78.0 Å². The summed E-state index contributed by atoms with van der Waals surface area (Å²) in [5.74, 6) is 0.605. The number of amides is 1. The van der Waals surface area contributed by atoms with Gasteiger partial charge in [0.2, 0.25) is 5.91 Å². The van der Waals surface area contributed by atoms with Crippen LogP contribution in [0, 0.1) is 5.82 Å². The molecule has 1 aliphatic rings. The van der Waals surface area contributed by atoms with Crippen molar-refractivity contribution in [1.29, 1.82) is 0 Å². The van der Waals surface area contributed by atoms with Gasteiger partial charge in [-0.05, 0) is 42.7 Å². The number of hydrogen-bond donors (Lipinski definition) is 0. The molecule has 1 saturated heterocycles. The van der Waals surface area contributed by atoms with Crippen LogP contribution in [0.2, 0.25) is 0 Å². The third-order valence-corrected chi connectivity index (χ3v) is 5.52. The minimum Gasteiger partial charge on any atom is -0.496 e. The van der Waals surface area contributed by atoms with Crippen LogP contribution in [0.25, 0.3) is 11.3 Å². The molecule has 0 bridgehead atoms. The van der Waals surface area contributed by atoms with Crippen molar-refractivity contribution in [3.8, 4) is 17.0 Å². The van der Waals surface area contributed by atoms with E-state index in [2.05, 4.69) is 9.97 Å².